The minimum atomic E-state index is -5.08. The molecule has 2 heterocycles. The van der Waals surface area contributed by atoms with E-state index in [4.69, 9.17) is 14.6 Å². The molecule has 0 atom stereocenters. The Hall–Kier alpha value is -4.28. The van der Waals surface area contributed by atoms with Crippen LogP contribution in [0.15, 0.2) is 61.1 Å². The summed E-state index contributed by atoms with van der Waals surface area (Å²) in [6, 6.07) is 13.8. The van der Waals surface area contributed by atoms with Crippen LogP contribution in [0, 0.1) is 0 Å². The number of hydrogen-bond donors (Lipinski definition) is 4. The molecular formula is C23H21F3N4O4. The molecule has 0 radical (unpaired) electrons. The maximum atomic E-state index is 12.6. The molecule has 0 fully saturated rings. The molecule has 1 amide bonds. The second-order valence-corrected chi connectivity index (χ2v) is 7.11. The summed E-state index contributed by atoms with van der Waals surface area (Å²) in [6.07, 6.45) is 1.03. The molecular weight excluding hydrogens is 453 g/mol. The van der Waals surface area contributed by atoms with Crippen molar-refractivity contribution in [3.8, 4) is 16.9 Å². The summed E-state index contributed by atoms with van der Waals surface area (Å²) in [7, 11) is 1.65. The molecule has 0 spiro atoms. The molecule has 4 rings (SSSR count). The highest BCUT2D eigenvalue weighted by Gasteiger charge is 2.38. The Kier molecular flexibility index (Phi) is 7.57. The van der Waals surface area contributed by atoms with Crippen LogP contribution in [0.5, 0.6) is 5.75 Å². The quantitative estimate of drug-likeness (QED) is 0.334. The van der Waals surface area contributed by atoms with Gasteiger partial charge in [0.25, 0.3) is 5.91 Å². The highest BCUT2D eigenvalue weighted by Crippen LogP contribution is 2.25. The van der Waals surface area contributed by atoms with Gasteiger partial charge in [-0.3, -0.25) is 9.89 Å². The third-order valence-corrected chi connectivity index (χ3v) is 4.83. The zero-order valence-corrected chi connectivity index (χ0v) is 17.9. The number of aromatic amines is 2. The van der Waals surface area contributed by atoms with Gasteiger partial charge in [0.15, 0.2) is 0 Å². The number of alkyl halides is 3. The Morgan fingerprint density at radius 3 is 2.53 bits per heavy atom. The maximum absolute atomic E-state index is 12.6. The van der Waals surface area contributed by atoms with E-state index in [2.05, 4.69) is 20.5 Å². The van der Waals surface area contributed by atoms with E-state index in [0.717, 1.165) is 39.8 Å². The maximum Gasteiger partial charge on any atom is 0.490 e. The number of carboxylic acid groups (broad SMARTS) is 1. The number of benzene rings is 2. The van der Waals surface area contributed by atoms with Gasteiger partial charge in [0, 0.05) is 35.4 Å². The molecule has 0 aliphatic carbocycles. The standard InChI is InChI=1S/C21H20N4O2.C2HF3O2/c1-27-17-4-2-3-14(9-17)7-8-22-21(26)19-13-23-20-10-15(5-6-18(19)20)16-11-24-25-12-16;3-2(4,5)1(6)7/h2-6,9-13,23H,7-8H2,1H3,(H,22,26)(H,24,25);(H,6,7). The van der Waals surface area contributed by atoms with Gasteiger partial charge in [-0.05, 0) is 35.7 Å². The first kappa shape index (κ1) is 24.4. The number of nitrogens with zero attached hydrogens (tertiary/aromatic N) is 1. The predicted molar refractivity (Wildman–Crippen MR) is 119 cm³/mol. The van der Waals surface area contributed by atoms with E-state index in [0.29, 0.717) is 12.1 Å². The number of halogens is 3. The first-order valence-electron chi connectivity index (χ1n) is 10.0. The van der Waals surface area contributed by atoms with Crippen molar-refractivity contribution in [2.45, 2.75) is 12.6 Å². The number of ether oxygens (including phenoxy) is 1. The minimum Gasteiger partial charge on any atom is -0.497 e. The zero-order chi connectivity index (χ0) is 24.7. The van der Waals surface area contributed by atoms with Crippen LogP contribution in [0.3, 0.4) is 0 Å². The Balaban J connectivity index is 0.000000406. The van der Waals surface area contributed by atoms with Crippen LogP contribution < -0.4 is 10.1 Å². The number of aromatic nitrogens is 3. The third kappa shape index (κ3) is 6.15. The number of hydrogen-bond acceptors (Lipinski definition) is 4. The van der Waals surface area contributed by atoms with Crippen LogP contribution in [0.2, 0.25) is 0 Å². The van der Waals surface area contributed by atoms with Crippen LogP contribution >= 0.6 is 0 Å². The summed E-state index contributed by atoms with van der Waals surface area (Å²) in [5.41, 5.74) is 4.75. The molecule has 4 N–H and O–H groups in total. The van der Waals surface area contributed by atoms with Crippen LogP contribution in [-0.4, -0.2) is 52.0 Å². The number of carbonyl (C=O) groups excluding carboxylic acids is 1. The number of nitrogens with one attached hydrogen (secondary N) is 3. The number of H-pyrrole nitrogens is 2. The first-order chi connectivity index (χ1) is 16.2. The normalized spacial score (nSPS) is 10.9. The monoisotopic (exact) mass is 474 g/mol. The zero-order valence-electron chi connectivity index (χ0n) is 17.9. The van der Waals surface area contributed by atoms with Gasteiger partial charge in [0.2, 0.25) is 0 Å². The number of rotatable bonds is 6. The summed E-state index contributed by atoms with van der Waals surface area (Å²) >= 11 is 0. The van der Waals surface area contributed by atoms with E-state index < -0.39 is 12.1 Å². The van der Waals surface area contributed by atoms with E-state index in [1.807, 2.05) is 48.7 Å². The van der Waals surface area contributed by atoms with Crippen molar-refractivity contribution >= 4 is 22.8 Å². The highest BCUT2D eigenvalue weighted by atomic mass is 19.4. The second kappa shape index (κ2) is 10.6. The molecule has 0 aliphatic rings. The number of methoxy groups -OCH3 is 1. The average molecular weight is 474 g/mol. The van der Waals surface area contributed by atoms with E-state index >= 15 is 0 Å². The lowest BCUT2D eigenvalue weighted by atomic mass is 10.1. The second-order valence-electron chi connectivity index (χ2n) is 7.11. The van der Waals surface area contributed by atoms with Gasteiger partial charge < -0.3 is 20.1 Å². The topological polar surface area (TPSA) is 120 Å². The van der Waals surface area contributed by atoms with Crippen molar-refractivity contribution in [1.82, 2.24) is 20.5 Å². The van der Waals surface area contributed by atoms with E-state index in [1.54, 1.807) is 19.5 Å². The first-order valence-corrected chi connectivity index (χ1v) is 10.0. The summed E-state index contributed by atoms with van der Waals surface area (Å²) in [5.74, 6) is -2.02. The average Bonchev–Trinajstić information content (AvgIpc) is 3.49. The van der Waals surface area contributed by atoms with Gasteiger partial charge in [0.05, 0.1) is 18.9 Å². The molecule has 0 bridgehead atoms. The number of aliphatic carboxylic acids is 1. The van der Waals surface area contributed by atoms with Crippen LogP contribution in [-0.2, 0) is 11.2 Å². The molecule has 178 valence electrons. The molecule has 34 heavy (non-hydrogen) atoms. The highest BCUT2D eigenvalue weighted by molar-refractivity contribution is 6.07. The summed E-state index contributed by atoms with van der Waals surface area (Å²) < 4.78 is 37.0. The fourth-order valence-corrected chi connectivity index (χ4v) is 3.15. The number of carbonyl (C=O) groups is 2. The van der Waals surface area contributed by atoms with Crippen LogP contribution in [0.4, 0.5) is 13.2 Å². The Bertz CT molecular complexity index is 1270. The van der Waals surface area contributed by atoms with E-state index in [-0.39, 0.29) is 5.91 Å². The fourth-order valence-electron chi connectivity index (χ4n) is 3.15. The fraction of sp³-hybridized carbons (Fsp3) is 0.174. The third-order valence-electron chi connectivity index (χ3n) is 4.83. The molecule has 0 saturated carbocycles. The van der Waals surface area contributed by atoms with E-state index in [1.165, 1.54) is 0 Å². The van der Waals surface area contributed by atoms with Gasteiger partial charge >= 0.3 is 12.1 Å². The summed E-state index contributed by atoms with van der Waals surface area (Å²) in [6.45, 7) is 0.561. The molecule has 4 aromatic rings. The molecule has 0 saturated heterocycles. The number of fused-ring (bicyclic) bond motifs is 1. The SMILES string of the molecule is COc1cccc(CCNC(=O)c2c[nH]c3cc(-c4cn[nH]c4)ccc23)c1.O=C(O)C(F)(F)F. The van der Waals surface area contributed by atoms with Gasteiger partial charge in [0.1, 0.15) is 5.75 Å². The minimum absolute atomic E-state index is 0.0831. The van der Waals surface area contributed by atoms with Crippen molar-refractivity contribution in [3.05, 3.63) is 72.2 Å². The smallest absolute Gasteiger partial charge is 0.490 e. The molecule has 0 unspecified atom stereocenters. The molecule has 11 heteroatoms. The van der Waals surface area contributed by atoms with Crippen molar-refractivity contribution in [3.63, 3.8) is 0 Å². The lowest BCUT2D eigenvalue weighted by Gasteiger charge is -2.06. The van der Waals surface area contributed by atoms with Crippen LogP contribution in [0.25, 0.3) is 22.0 Å². The Morgan fingerprint density at radius 1 is 1.12 bits per heavy atom. The van der Waals surface area contributed by atoms with Gasteiger partial charge in [-0.25, -0.2) is 4.79 Å². The van der Waals surface area contributed by atoms with Gasteiger partial charge in [-0.1, -0.05) is 24.3 Å². The lowest BCUT2D eigenvalue weighted by molar-refractivity contribution is -0.192. The van der Waals surface area contributed by atoms with Crippen molar-refractivity contribution < 1.29 is 32.6 Å². The molecule has 8 nitrogen and oxygen atoms in total. The molecule has 2 aromatic heterocycles. The summed E-state index contributed by atoms with van der Waals surface area (Å²) in [5, 5.41) is 17.8. The molecule has 0 aliphatic heterocycles. The Labute approximate surface area is 191 Å². The van der Waals surface area contributed by atoms with Gasteiger partial charge in [-0.15, -0.1) is 0 Å². The van der Waals surface area contributed by atoms with E-state index in [9.17, 15) is 18.0 Å². The lowest BCUT2D eigenvalue weighted by Crippen LogP contribution is -2.25. The van der Waals surface area contributed by atoms with Crippen LogP contribution in [0.1, 0.15) is 15.9 Å². The Morgan fingerprint density at radius 2 is 1.88 bits per heavy atom. The largest absolute Gasteiger partial charge is 0.497 e. The van der Waals surface area contributed by atoms with Crippen molar-refractivity contribution in [2.75, 3.05) is 13.7 Å². The van der Waals surface area contributed by atoms with Gasteiger partial charge in [-0.2, -0.15) is 18.3 Å². The van der Waals surface area contributed by atoms with Crippen molar-refractivity contribution in [1.29, 1.82) is 0 Å². The van der Waals surface area contributed by atoms with Crippen molar-refractivity contribution in [2.24, 2.45) is 0 Å². The predicted octanol–water partition coefficient (Wildman–Crippen LogP) is 4.17. The molecule has 2 aromatic carbocycles. The number of carboxylic acids is 1. The number of amides is 1. The summed E-state index contributed by atoms with van der Waals surface area (Å²) in [4.78, 5) is 24.7.